The normalized spacial score (nSPS) is 11.1. The van der Waals surface area contributed by atoms with Gasteiger partial charge in [0.15, 0.2) is 0 Å². The molecule has 0 fully saturated rings. The zero-order valence-electron chi connectivity index (χ0n) is 8.48. The average Bonchev–Trinajstić information content (AvgIpc) is 2.50. The van der Waals surface area contributed by atoms with Gasteiger partial charge in [-0.3, -0.25) is 14.6 Å². The van der Waals surface area contributed by atoms with Crippen molar-refractivity contribution >= 4 is 23.2 Å². The van der Waals surface area contributed by atoms with Crippen LogP contribution in [0, 0.1) is 0 Å². The highest BCUT2D eigenvalue weighted by Crippen LogP contribution is 2.12. The molecule has 1 heterocycles. The average molecular weight is 228 g/mol. The Hall–Kier alpha value is -1.43. The quantitative estimate of drug-likeness (QED) is 0.809. The molecule has 0 unspecified atom stereocenters. The molecule has 0 aromatic carbocycles. The maximum Gasteiger partial charge on any atom is 0.305 e. The molecule has 2 N–H and O–H groups in total. The summed E-state index contributed by atoms with van der Waals surface area (Å²) in [7, 11) is 0. The van der Waals surface area contributed by atoms with E-state index in [2.05, 4.69) is 10.3 Å². The Bertz CT molecular complexity index is 359. The van der Waals surface area contributed by atoms with Gasteiger partial charge in [-0.05, 0) is 13.8 Å². The third-order valence-electron chi connectivity index (χ3n) is 1.70. The molecule has 82 valence electrons. The zero-order valence-corrected chi connectivity index (χ0v) is 9.30. The number of rotatable bonds is 4. The first-order chi connectivity index (χ1) is 6.91. The van der Waals surface area contributed by atoms with Crippen molar-refractivity contribution in [2.24, 2.45) is 0 Å². The topological polar surface area (TPSA) is 79.3 Å². The number of hydrogen-bond donors (Lipinski definition) is 2. The first kappa shape index (κ1) is 11.6. The minimum absolute atomic E-state index is 0.114. The van der Waals surface area contributed by atoms with E-state index in [9.17, 15) is 9.59 Å². The summed E-state index contributed by atoms with van der Waals surface area (Å²) in [6, 6.07) is 0. The summed E-state index contributed by atoms with van der Waals surface area (Å²) in [6.07, 6.45) is 1.34. The molecule has 15 heavy (non-hydrogen) atoms. The Kier molecular flexibility index (Phi) is 3.41. The molecule has 1 amide bonds. The van der Waals surface area contributed by atoms with Crippen LogP contribution < -0.4 is 5.32 Å². The summed E-state index contributed by atoms with van der Waals surface area (Å²) < 4.78 is 0. The predicted molar refractivity (Wildman–Crippen MR) is 55.9 cm³/mol. The number of thiazole rings is 1. The second-order valence-electron chi connectivity index (χ2n) is 3.77. The van der Waals surface area contributed by atoms with Crippen molar-refractivity contribution in [1.82, 2.24) is 10.3 Å². The summed E-state index contributed by atoms with van der Waals surface area (Å²) in [4.78, 5) is 26.3. The number of carbonyl (C=O) groups is 2. The van der Waals surface area contributed by atoms with Gasteiger partial charge in [-0.1, -0.05) is 0 Å². The zero-order chi connectivity index (χ0) is 11.5. The van der Waals surface area contributed by atoms with Crippen LogP contribution >= 0.6 is 11.3 Å². The molecule has 0 saturated carbocycles. The number of aromatic nitrogens is 1. The monoisotopic (exact) mass is 228 g/mol. The van der Waals surface area contributed by atoms with Crippen LogP contribution in [-0.4, -0.2) is 27.5 Å². The van der Waals surface area contributed by atoms with E-state index in [1.807, 2.05) is 0 Å². The van der Waals surface area contributed by atoms with Crippen LogP contribution in [0.15, 0.2) is 11.7 Å². The van der Waals surface area contributed by atoms with E-state index in [1.54, 1.807) is 19.4 Å². The highest BCUT2D eigenvalue weighted by Gasteiger charge is 2.24. The maximum absolute atomic E-state index is 11.6. The fourth-order valence-electron chi connectivity index (χ4n) is 1.12. The van der Waals surface area contributed by atoms with Crippen LogP contribution in [0.3, 0.4) is 0 Å². The van der Waals surface area contributed by atoms with Crippen LogP contribution in [0.1, 0.15) is 29.9 Å². The molecular weight excluding hydrogens is 216 g/mol. The van der Waals surface area contributed by atoms with Crippen molar-refractivity contribution < 1.29 is 14.7 Å². The van der Waals surface area contributed by atoms with Crippen LogP contribution in [0.25, 0.3) is 0 Å². The van der Waals surface area contributed by atoms with Crippen molar-refractivity contribution in [3.63, 3.8) is 0 Å². The third kappa shape index (κ3) is 3.67. The molecule has 0 aliphatic carbocycles. The molecule has 1 rings (SSSR count). The standard InChI is InChI=1S/C9H12N2O3S/c1-9(2,3-7(12)13)11-8(14)6-4-10-5-15-6/h4-5H,3H2,1-2H3,(H,11,14)(H,12,13). The SMILES string of the molecule is CC(C)(CC(=O)O)NC(=O)c1cncs1. The van der Waals surface area contributed by atoms with Crippen molar-refractivity contribution in [1.29, 1.82) is 0 Å². The first-order valence-electron chi connectivity index (χ1n) is 4.33. The minimum Gasteiger partial charge on any atom is -0.481 e. The number of amides is 1. The molecule has 1 aromatic rings. The van der Waals surface area contributed by atoms with Gasteiger partial charge in [0, 0.05) is 5.54 Å². The number of nitrogens with zero attached hydrogens (tertiary/aromatic N) is 1. The van der Waals surface area contributed by atoms with Crippen LogP contribution in [0.2, 0.25) is 0 Å². The van der Waals surface area contributed by atoms with Gasteiger partial charge < -0.3 is 10.4 Å². The second kappa shape index (κ2) is 4.39. The van der Waals surface area contributed by atoms with E-state index < -0.39 is 11.5 Å². The summed E-state index contributed by atoms with van der Waals surface area (Å²) in [5.74, 6) is -1.23. The summed E-state index contributed by atoms with van der Waals surface area (Å²) in [5.41, 5.74) is 0.798. The Morgan fingerprint density at radius 3 is 2.73 bits per heavy atom. The van der Waals surface area contributed by atoms with Crippen molar-refractivity contribution in [3.05, 3.63) is 16.6 Å². The predicted octanol–water partition coefficient (Wildman–Crippen LogP) is 1.13. The van der Waals surface area contributed by atoms with E-state index in [4.69, 9.17) is 5.11 Å². The fourth-order valence-corrected chi connectivity index (χ4v) is 1.63. The number of hydrogen-bond acceptors (Lipinski definition) is 4. The molecule has 5 nitrogen and oxygen atoms in total. The van der Waals surface area contributed by atoms with Gasteiger partial charge in [0.25, 0.3) is 5.91 Å². The lowest BCUT2D eigenvalue weighted by molar-refractivity contribution is -0.138. The summed E-state index contributed by atoms with van der Waals surface area (Å²) in [6.45, 7) is 3.33. The number of nitrogens with one attached hydrogen (secondary N) is 1. The van der Waals surface area contributed by atoms with Gasteiger partial charge in [0.2, 0.25) is 0 Å². The highest BCUT2D eigenvalue weighted by molar-refractivity contribution is 7.11. The van der Waals surface area contributed by atoms with E-state index in [0.717, 1.165) is 0 Å². The van der Waals surface area contributed by atoms with Crippen molar-refractivity contribution in [2.75, 3.05) is 0 Å². The molecule has 0 radical (unpaired) electrons. The van der Waals surface area contributed by atoms with Gasteiger partial charge in [0.05, 0.1) is 18.1 Å². The summed E-state index contributed by atoms with van der Waals surface area (Å²) in [5, 5.41) is 11.3. The molecule has 0 bridgehead atoms. The third-order valence-corrected chi connectivity index (χ3v) is 2.47. The molecule has 0 aliphatic heterocycles. The Morgan fingerprint density at radius 2 is 2.27 bits per heavy atom. The van der Waals surface area contributed by atoms with Gasteiger partial charge in [-0.25, -0.2) is 0 Å². The van der Waals surface area contributed by atoms with E-state index in [0.29, 0.717) is 4.88 Å². The van der Waals surface area contributed by atoms with Crippen LogP contribution in [0.4, 0.5) is 0 Å². The van der Waals surface area contributed by atoms with Crippen molar-refractivity contribution in [2.45, 2.75) is 25.8 Å². The molecule has 0 aliphatic rings. The molecule has 0 spiro atoms. The molecule has 1 aromatic heterocycles. The van der Waals surface area contributed by atoms with Crippen LogP contribution in [-0.2, 0) is 4.79 Å². The lowest BCUT2D eigenvalue weighted by atomic mass is 10.0. The Labute approximate surface area is 91.1 Å². The Balaban J connectivity index is 2.61. The molecule has 0 saturated heterocycles. The van der Waals surface area contributed by atoms with E-state index >= 15 is 0 Å². The molecular formula is C9H12N2O3S. The first-order valence-corrected chi connectivity index (χ1v) is 5.21. The van der Waals surface area contributed by atoms with Gasteiger partial charge in [-0.2, -0.15) is 0 Å². The van der Waals surface area contributed by atoms with E-state index in [1.165, 1.54) is 17.5 Å². The number of carboxylic acid groups (broad SMARTS) is 1. The van der Waals surface area contributed by atoms with Gasteiger partial charge >= 0.3 is 5.97 Å². The van der Waals surface area contributed by atoms with E-state index in [-0.39, 0.29) is 12.3 Å². The number of carboxylic acids is 1. The molecule has 6 heteroatoms. The lowest BCUT2D eigenvalue weighted by Gasteiger charge is -2.23. The smallest absolute Gasteiger partial charge is 0.305 e. The second-order valence-corrected chi connectivity index (χ2v) is 4.66. The van der Waals surface area contributed by atoms with Gasteiger partial charge in [0.1, 0.15) is 4.88 Å². The number of carbonyl (C=O) groups excluding carboxylic acids is 1. The van der Waals surface area contributed by atoms with Gasteiger partial charge in [-0.15, -0.1) is 11.3 Å². The highest BCUT2D eigenvalue weighted by atomic mass is 32.1. The van der Waals surface area contributed by atoms with Crippen LogP contribution in [0.5, 0.6) is 0 Å². The maximum atomic E-state index is 11.6. The largest absolute Gasteiger partial charge is 0.481 e. The molecule has 0 atom stereocenters. The Morgan fingerprint density at radius 1 is 1.60 bits per heavy atom. The number of aliphatic carboxylic acids is 1. The fraction of sp³-hybridized carbons (Fsp3) is 0.444. The lowest BCUT2D eigenvalue weighted by Crippen LogP contribution is -2.44. The summed E-state index contributed by atoms with van der Waals surface area (Å²) >= 11 is 1.22. The minimum atomic E-state index is -0.940. The van der Waals surface area contributed by atoms with Crippen molar-refractivity contribution in [3.8, 4) is 0 Å².